The van der Waals surface area contributed by atoms with Crippen LogP contribution < -0.4 is 10.2 Å². The smallest absolute Gasteiger partial charge is 0.415 e. The molecule has 0 heterocycles. The van der Waals surface area contributed by atoms with Crippen molar-refractivity contribution in [3.8, 4) is 0 Å². The molecule has 0 bridgehead atoms. The molecule has 0 saturated heterocycles. The first-order chi connectivity index (χ1) is 13.6. The van der Waals surface area contributed by atoms with Crippen molar-refractivity contribution in [2.24, 2.45) is 0 Å². The molecule has 0 atom stereocenters. The standard InChI is InChI=1S/C22H31ClN2O4/c1-21(2,3)29-20(28)25(16-8-7-9-16)18-11-10-15(14-17(18)23)24-22(19(26)27)12-5-4-6-13-22/h10-11,14,16,24H,4-9,12-13H2,1-3H3,(H,26,27). The molecule has 160 valence electrons. The van der Waals surface area contributed by atoms with Gasteiger partial charge >= 0.3 is 12.1 Å². The number of aliphatic carboxylic acids is 1. The summed E-state index contributed by atoms with van der Waals surface area (Å²) in [5.41, 5.74) is -0.297. The van der Waals surface area contributed by atoms with Crippen molar-refractivity contribution >= 4 is 35.0 Å². The number of amides is 1. The Balaban J connectivity index is 1.84. The van der Waals surface area contributed by atoms with Crippen LogP contribution >= 0.6 is 11.6 Å². The third kappa shape index (κ3) is 4.97. The summed E-state index contributed by atoms with van der Waals surface area (Å²) in [7, 11) is 0. The number of nitrogens with one attached hydrogen (secondary N) is 1. The van der Waals surface area contributed by atoms with Gasteiger partial charge in [0.1, 0.15) is 11.1 Å². The molecule has 0 radical (unpaired) electrons. The quantitative estimate of drug-likeness (QED) is 0.623. The van der Waals surface area contributed by atoms with Gasteiger partial charge in [-0.2, -0.15) is 0 Å². The van der Waals surface area contributed by atoms with E-state index in [1.165, 1.54) is 0 Å². The summed E-state index contributed by atoms with van der Waals surface area (Å²) in [5, 5.41) is 13.4. The number of hydrogen-bond acceptors (Lipinski definition) is 4. The second-order valence-electron chi connectivity index (χ2n) is 9.17. The lowest BCUT2D eigenvalue weighted by Crippen LogP contribution is -2.48. The van der Waals surface area contributed by atoms with Gasteiger partial charge in [0.05, 0.1) is 10.7 Å². The Morgan fingerprint density at radius 2 is 1.83 bits per heavy atom. The summed E-state index contributed by atoms with van der Waals surface area (Å²) < 4.78 is 5.60. The fourth-order valence-electron chi connectivity index (χ4n) is 4.00. The van der Waals surface area contributed by atoms with Crippen LogP contribution in [0.1, 0.15) is 72.1 Å². The Morgan fingerprint density at radius 3 is 2.31 bits per heavy atom. The SMILES string of the molecule is CC(C)(C)OC(=O)N(c1ccc(NC2(C(=O)O)CCCCC2)cc1Cl)C1CCC1. The van der Waals surface area contributed by atoms with Crippen molar-refractivity contribution in [2.45, 2.75) is 89.3 Å². The van der Waals surface area contributed by atoms with E-state index in [4.69, 9.17) is 16.3 Å². The normalized spacial score (nSPS) is 19.2. The first-order valence-corrected chi connectivity index (χ1v) is 10.8. The lowest BCUT2D eigenvalue weighted by atomic mass is 9.81. The van der Waals surface area contributed by atoms with Gasteiger partial charge in [0.25, 0.3) is 0 Å². The highest BCUT2D eigenvalue weighted by atomic mass is 35.5. The molecule has 29 heavy (non-hydrogen) atoms. The van der Waals surface area contributed by atoms with E-state index in [2.05, 4.69) is 5.32 Å². The number of hydrogen-bond donors (Lipinski definition) is 2. The molecule has 0 spiro atoms. The molecule has 0 aromatic heterocycles. The third-order valence-corrected chi connectivity index (χ3v) is 6.04. The van der Waals surface area contributed by atoms with E-state index in [9.17, 15) is 14.7 Å². The summed E-state index contributed by atoms with van der Waals surface area (Å²) in [6.45, 7) is 5.52. The van der Waals surface area contributed by atoms with E-state index in [1.54, 1.807) is 23.1 Å². The number of carbonyl (C=O) groups is 2. The molecule has 3 rings (SSSR count). The molecule has 1 aromatic rings. The lowest BCUT2D eigenvalue weighted by Gasteiger charge is -2.39. The van der Waals surface area contributed by atoms with Gasteiger partial charge in [-0.05, 0) is 71.1 Å². The fourth-order valence-corrected chi connectivity index (χ4v) is 4.28. The second kappa shape index (κ2) is 8.42. The Labute approximate surface area is 177 Å². The molecule has 6 nitrogen and oxygen atoms in total. The number of carboxylic acid groups (broad SMARTS) is 1. The number of carboxylic acids is 1. The fraction of sp³-hybridized carbons (Fsp3) is 0.636. The van der Waals surface area contributed by atoms with Crippen LogP contribution in [0.3, 0.4) is 0 Å². The van der Waals surface area contributed by atoms with Crippen LogP contribution in [-0.4, -0.2) is 34.4 Å². The predicted octanol–water partition coefficient (Wildman–Crippen LogP) is 5.83. The van der Waals surface area contributed by atoms with Gasteiger partial charge in [0.2, 0.25) is 0 Å². The van der Waals surface area contributed by atoms with Crippen molar-refractivity contribution in [3.05, 3.63) is 23.2 Å². The molecular formula is C22H31ClN2O4. The summed E-state index contributed by atoms with van der Waals surface area (Å²) in [6, 6.07) is 5.37. The highest BCUT2D eigenvalue weighted by molar-refractivity contribution is 6.34. The van der Waals surface area contributed by atoms with Gasteiger partial charge in [0, 0.05) is 11.7 Å². The highest BCUT2D eigenvalue weighted by Crippen LogP contribution is 2.38. The number of rotatable bonds is 5. The maximum Gasteiger partial charge on any atom is 0.415 e. The van der Waals surface area contributed by atoms with Crippen LogP contribution in [0.15, 0.2) is 18.2 Å². The minimum Gasteiger partial charge on any atom is -0.480 e. The molecule has 2 aliphatic carbocycles. The first kappa shape index (κ1) is 21.8. The highest BCUT2D eigenvalue weighted by Gasteiger charge is 2.40. The molecule has 2 aliphatic rings. The number of ether oxygens (including phenoxy) is 1. The number of anilines is 2. The minimum atomic E-state index is -0.956. The van der Waals surface area contributed by atoms with Gasteiger partial charge in [-0.15, -0.1) is 0 Å². The zero-order valence-electron chi connectivity index (χ0n) is 17.5. The zero-order chi connectivity index (χ0) is 21.2. The molecule has 2 saturated carbocycles. The summed E-state index contributed by atoms with van der Waals surface area (Å²) in [6.07, 6.45) is 6.51. The largest absolute Gasteiger partial charge is 0.480 e. The number of nitrogens with zero attached hydrogens (tertiary/aromatic N) is 1. The molecule has 0 unspecified atom stereocenters. The Morgan fingerprint density at radius 1 is 1.17 bits per heavy atom. The van der Waals surface area contributed by atoms with Crippen LogP contribution in [0.2, 0.25) is 5.02 Å². The predicted molar refractivity (Wildman–Crippen MR) is 115 cm³/mol. The maximum atomic E-state index is 12.8. The van der Waals surface area contributed by atoms with Crippen molar-refractivity contribution < 1.29 is 19.4 Å². The monoisotopic (exact) mass is 422 g/mol. The van der Waals surface area contributed by atoms with Gasteiger partial charge in [-0.25, -0.2) is 9.59 Å². The number of carbonyl (C=O) groups excluding carboxylic acids is 1. The third-order valence-electron chi connectivity index (χ3n) is 5.74. The topological polar surface area (TPSA) is 78.9 Å². The van der Waals surface area contributed by atoms with Crippen LogP contribution in [0.25, 0.3) is 0 Å². The van der Waals surface area contributed by atoms with E-state index >= 15 is 0 Å². The Hall–Kier alpha value is -1.95. The summed E-state index contributed by atoms with van der Waals surface area (Å²) in [4.78, 5) is 26.4. The van der Waals surface area contributed by atoms with E-state index in [-0.39, 0.29) is 6.04 Å². The molecule has 7 heteroatoms. The molecule has 2 fully saturated rings. The average Bonchev–Trinajstić information content (AvgIpc) is 2.58. The first-order valence-electron chi connectivity index (χ1n) is 10.4. The van der Waals surface area contributed by atoms with Gasteiger partial charge in [-0.1, -0.05) is 30.9 Å². The van der Waals surface area contributed by atoms with Crippen molar-refractivity contribution in [1.29, 1.82) is 0 Å². The van der Waals surface area contributed by atoms with Gasteiger partial charge < -0.3 is 15.2 Å². The number of halogens is 1. The van der Waals surface area contributed by atoms with E-state index in [1.807, 2.05) is 20.8 Å². The zero-order valence-corrected chi connectivity index (χ0v) is 18.2. The van der Waals surface area contributed by atoms with Crippen LogP contribution in [0, 0.1) is 0 Å². The molecule has 1 amide bonds. The van der Waals surface area contributed by atoms with Gasteiger partial charge in [-0.3, -0.25) is 4.90 Å². The van der Waals surface area contributed by atoms with Gasteiger partial charge in [0.15, 0.2) is 0 Å². The Kier molecular flexibility index (Phi) is 6.32. The van der Waals surface area contributed by atoms with Crippen LogP contribution in [0.4, 0.5) is 16.2 Å². The number of benzene rings is 1. The van der Waals surface area contributed by atoms with Crippen LogP contribution in [0.5, 0.6) is 0 Å². The average molecular weight is 423 g/mol. The summed E-state index contributed by atoms with van der Waals surface area (Å²) >= 11 is 6.57. The molecule has 0 aliphatic heterocycles. The van der Waals surface area contributed by atoms with Crippen molar-refractivity contribution in [3.63, 3.8) is 0 Å². The van der Waals surface area contributed by atoms with Crippen molar-refractivity contribution in [1.82, 2.24) is 0 Å². The molecule has 1 aromatic carbocycles. The Bertz CT molecular complexity index is 765. The minimum absolute atomic E-state index is 0.0739. The summed E-state index contributed by atoms with van der Waals surface area (Å²) in [5.74, 6) is -0.831. The second-order valence-corrected chi connectivity index (χ2v) is 9.58. The van der Waals surface area contributed by atoms with Crippen molar-refractivity contribution in [2.75, 3.05) is 10.2 Å². The van der Waals surface area contributed by atoms with E-state index < -0.39 is 23.2 Å². The molecule has 2 N–H and O–H groups in total. The van der Waals surface area contributed by atoms with E-state index in [0.29, 0.717) is 29.2 Å². The van der Waals surface area contributed by atoms with E-state index in [0.717, 1.165) is 38.5 Å². The maximum absolute atomic E-state index is 12.8. The van der Waals surface area contributed by atoms with Crippen LogP contribution in [-0.2, 0) is 9.53 Å². The lowest BCUT2D eigenvalue weighted by molar-refractivity contribution is -0.143. The molecular weight excluding hydrogens is 392 g/mol.